The second-order valence-corrected chi connectivity index (χ2v) is 4.55. The zero-order valence-corrected chi connectivity index (χ0v) is 11.5. The summed E-state index contributed by atoms with van der Waals surface area (Å²) in [5.74, 6) is 0. The molecule has 0 radical (unpaired) electrons. The molecule has 3 heteroatoms. The lowest BCUT2D eigenvalue weighted by atomic mass is 10.0. The summed E-state index contributed by atoms with van der Waals surface area (Å²) >= 11 is 0. The maximum absolute atomic E-state index is 9.84. The minimum Gasteiger partial charge on any atom is -0.389 e. The smallest absolute Gasteiger partial charge is 0.0992 e. The van der Waals surface area contributed by atoms with Crippen LogP contribution in [0.1, 0.15) is 50.8 Å². The Morgan fingerprint density at radius 3 is 2.33 bits per heavy atom. The molecule has 0 aliphatic heterocycles. The Balaban J connectivity index is 3.19. The van der Waals surface area contributed by atoms with E-state index in [0.717, 1.165) is 37.2 Å². The summed E-state index contributed by atoms with van der Waals surface area (Å²) in [5.41, 5.74) is 2.54. The van der Waals surface area contributed by atoms with Gasteiger partial charge in [-0.3, -0.25) is 0 Å². The van der Waals surface area contributed by atoms with Crippen LogP contribution in [0, 0.1) is 11.3 Å². The summed E-state index contributed by atoms with van der Waals surface area (Å²) in [4.78, 5) is 2.25. The van der Waals surface area contributed by atoms with Crippen LogP contribution in [0.2, 0.25) is 0 Å². The van der Waals surface area contributed by atoms with Gasteiger partial charge in [0.2, 0.25) is 0 Å². The molecule has 0 aliphatic carbocycles. The van der Waals surface area contributed by atoms with Gasteiger partial charge in [0.05, 0.1) is 17.7 Å². The first-order chi connectivity index (χ1) is 8.63. The molecule has 18 heavy (non-hydrogen) atoms. The molecule has 1 atom stereocenters. The highest BCUT2D eigenvalue weighted by Crippen LogP contribution is 2.28. The van der Waals surface area contributed by atoms with Gasteiger partial charge in [0.1, 0.15) is 0 Å². The molecule has 1 rings (SSSR count). The fourth-order valence-electron chi connectivity index (χ4n) is 2.13. The number of aliphatic hydroxyl groups is 1. The third kappa shape index (κ3) is 3.48. The fourth-order valence-corrected chi connectivity index (χ4v) is 2.13. The first kappa shape index (κ1) is 14.5. The van der Waals surface area contributed by atoms with Crippen LogP contribution in [0.3, 0.4) is 0 Å². The van der Waals surface area contributed by atoms with E-state index in [1.165, 1.54) is 0 Å². The maximum atomic E-state index is 9.84. The monoisotopic (exact) mass is 246 g/mol. The van der Waals surface area contributed by atoms with E-state index in [2.05, 4.69) is 24.8 Å². The first-order valence-corrected chi connectivity index (χ1v) is 6.61. The van der Waals surface area contributed by atoms with E-state index in [1.54, 1.807) is 13.0 Å². The fraction of sp³-hybridized carbons (Fsp3) is 0.533. The number of nitrogens with zero attached hydrogens (tertiary/aromatic N) is 2. The number of aliphatic hydroxyl groups excluding tert-OH is 1. The lowest BCUT2D eigenvalue weighted by molar-refractivity contribution is 0.199. The largest absolute Gasteiger partial charge is 0.389 e. The van der Waals surface area contributed by atoms with Crippen LogP contribution in [-0.4, -0.2) is 18.2 Å². The summed E-state index contributed by atoms with van der Waals surface area (Å²) in [5, 5.41) is 18.8. The average molecular weight is 246 g/mol. The van der Waals surface area contributed by atoms with E-state index in [1.807, 2.05) is 12.1 Å². The van der Waals surface area contributed by atoms with Crippen LogP contribution in [-0.2, 0) is 0 Å². The Morgan fingerprint density at radius 2 is 1.89 bits per heavy atom. The summed E-state index contributed by atoms with van der Waals surface area (Å²) in [6.45, 7) is 7.93. The van der Waals surface area contributed by atoms with Gasteiger partial charge < -0.3 is 10.0 Å². The predicted octanol–water partition coefficient (Wildman–Crippen LogP) is 3.24. The minimum absolute atomic E-state index is 0.510. The number of nitriles is 1. The summed E-state index contributed by atoms with van der Waals surface area (Å²) in [7, 11) is 0. The third-order valence-corrected chi connectivity index (χ3v) is 2.94. The van der Waals surface area contributed by atoms with E-state index in [4.69, 9.17) is 5.26 Å². The molecule has 0 saturated heterocycles. The Hall–Kier alpha value is -1.53. The van der Waals surface area contributed by atoms with Crippen LogP contribution >= 0.6 is 0 Å². The van der Waals surface area contributed by atoms with Gasteiger partial charge in [-0.2, -0.15) is 5.26 Å². The molecule has 0 unspecified atom stereocenters. The number of anilines is 1. The van der Waals surface area contributed by atoms with Crippen molar-refractivity contribution >= 4 is 5.69 Å². The number of rotatable bonds is 6. The quantitative estimate of drug-likeness (QED) is 0.838. The Morgan fingerprint density at radius 1 is 1.28 bits per heavy atom. The molecule has 0 amide bonds. The molecule has 1 aromatic carbocycles. The van der Waals surface area contributed by atoms with Gasteiger partial charge in [-0.25, -0.2) is 0 Å². The molecule has 1 N–H and O–H groups in total. The molecule has 0 fully saturated rings. The molecule has 1 aromatic rings. The van der Waals surface area contributed by atoms with Gasteiger partial charge in [0.25, 0.3) is 0 Å². The predicted molar refractivity (Wildman–Crippen MR) is 74.6 cm³/mol. The van der Waals surface area contributed by atoms with Gasteiger partial charge in [0, 0.05) is 24.3 Å². The van der Waals surface area contributed by atoms with Crippen LogP contribution in [0.25, 0.3) is 0 Å². The third-order valence-electron chi connectivity index (χ3n) is 2.94. The Bertz CT molecular complexity index is 415. The molecule has 0 heterocycles. The Kier molecular flexibility index (Phi) is 5.67. The van der Waals surface area contributed by atoms with Crippen molar-refractivity contribution in [2.45, 2.75) is 39.7 Å². The number of hydrogen-bond acceptors (Lipinski definition) is 3. The van der Waals surface area contributed by atoms with E-state index >= 15 is 0 Å². The molecule has 3 nitrogen and oxygen atoms in total. The van der Waals surface area contributed by atoms with Crippen LogP contribution in [0.15, 0.2) is 18.2 Å². The minimum atomic E-state index is -0.510. The molecule has 0 aromatic heterocycles. The highest BCUT2D eigenvalue weighted by molar-refractivity contribution is 5.58. The van der Waals surface area contributed by atoms with Gasteiger partial charge in [-0.15, -0.1) is 0 Å². The molecule has 0 aliphatic rings. The second kappa shape index (κ2) is 7.03. The summed E-state index contributed by atoms with van der Waals surface area (Å²) in [6.07, 6.45) is 1.59. The zero-order valence-electron chi connectivity index (χ0n) is 11.5. The van der Waals surface area contributed by atoms with Crippen molar-refractivity contribution in [3.8, 4) is 6.07 Å². The topological polar surface area (TPSA) is 47.3 Å². The van der Waals surface area contributed by atoms with Gasteiger partial charge in [0.15, 0.2) is 0 Å². The summed E-state index contributed by atoms with van der Waals surface area (Å²) in [6, 6.07) is 7.67. The van der Waals surface area contributed by atoms with Crippen molar-refractivity contribution in [2.75, 3.05) is 18.0 Å². The van der Waals surface area contributed by atoms with Gasteiger partial charge >= 0.3 is 0 Å². The second-order valence-electron chi connectivity index (χ2n) is 4.55. The highest BCUT2D eigenvalue weighted by Gasteiger charge is 2.14. The lowest BCUT2D eigenvalue weighted by Crippen LogP contribution is -2.26. The van der Waals surface area contributed by atoms with Crippen molar-refractivity contribution in [1.29, 1.82) is 5.26 Å². The SMILES string of the molecule is CCCN(CCC)c1cc(C#N)ccc1[C@@H](C)O. The standard InChI is InChI=1S/C15H22N2O/c1-4-8-17(9-5-2)15-10-13(11-16)6-7-14(15)12(3)18/h6-7,10,12,18H,4-5,8-9H2,1-3H3/t12-/m1/s1. The van der Waals surface area contributed by atoms with E-state index in [-0.39, 0.29) is 0 Å². The molecular formula is C15H22N2O. The van der Waals surface area contributed by atoms with Crippen LogP contribution in [0.4, 0.5) is 5.69 Å². The van der Waals surface area contributed by atoms with Crippen molar-refractivity contribution in [3.63, 3.8) is 0 Å². The van der Waals surface area contributed by atoms with Gasteiger partial charge in [-0.05, 0) is 31.9 Å². The van der Waals surface area contributed by atoms with Crippen LogP contribution in [0.5, 0.6) is 0 Å². The molecule has 0 bridgehead atoms. The molecule has 0 spiro atoms. The van der Waals surface area contributed by atoms with Crippen molar-refractivity contribution < 1.29 is 5.11 Å². The Labute approximate surface area is 110 Å². The van der Waals surface area contributed by atoms with Crippen molar-refractivity contribution in [1.82, 2.24) is 0 Å². The molecule has 0 saturated carbocycles. The lowest BCUT2D eigenvalue weighted by Gasteiger charge is -2.27. The molecular weight excluding hydrogens is 224 g/mol. The van der Waals surface area contributed by atoms with E-state index in [9.17, 15) is 5.11 Å². The van der Waals surface area contributed by atoms with E-state index in [0.29, 0.717) is 5.56 Å². The zero-order chi connectivity index (χ0) is 13.5. The highest BCUT2D eigenvalue weighted by atomic mass is 16.3. The summed E-state index contributed by atoms with van der Waals surface area (Å²) < 4.78 is 0. The van der Waals surface area contributed by atoms with Crippen LogP contribution < -0.4 is 4.90 Å². The number of benzene rings is 1. The van der Waals surface area contributed by atoms with Crippen molar-refractivity contribution in [2.24, 2.45) is 0 Å². The molecule has 98 valence electrons. The average Bonchev–Trinajstić information content (AvgIpc) is 2.37. The van der Waals surface area contributed by atoms with E-state index < -0.39 is 6.10 Å². The number of hydrogen-bond donors (Lipinski definition) is 1. The van der Waals surface area contributed by atoms with Crippen molar-refractivity contribution in [3.05, 3.63) is 29.3 Å². The normalized spacial score (nSPS) is 11.9. The van der Waals surface area contributed by atoms with Gasteiger partial charge in [-0.1, -0.05) is 19.9 Å². The maximum Gasteiger partial charge on any atom is 0.0992 e. The first-order valence-electron chi connectivity index (χ1n) is 6.61.